The molecule has 0 fully saturated rings. The second-order valence-corrected chi connectivity index (χ2v) is 8.19. The zero-order valence-corrected chi connectivity index (χ0v) is 19.6. The maximum Gasteiger partial charge on any atom is 0.278 e. The van der Waals surface area contributed by atoms with Crippen LogP contribution in [0.4, 0.5) is 5.95 Å². The van der Waals surface area contributed by atoms with E-state index < -0.39 is 5.91 Å². The highest BCUT2D eigenvalue weighted by atomic mass is 79.9. The fourth-order valence-electron chi connectivity index (χ4n) is 2.50. The van der Waals surface area contributed by atoms with E-state index in [-0.39, 0.29) is 18.2 Å². The zero-order chi connectivity index (χ0) is 22.2. The average Bonchev–Trinajstić information content (AvgIpc) is 2.74. The number of phenolic OH excluding ortho intramolecular Hbond substituents is 1. The molecule has 0 aliphatic heterocycles. The molecule has 2 aromatic carbocycles. The smallest absolute Gasteiger partial charge is 0.278 e. The van der Waals surface area contributed by atoms with Gasteiger partial charge in [0.25, 0.3) is 5.91 Å². The van der Waals surface area contributed by atoms with Gasteiger partial charge >= 0.3 is 0 Å². The number of amides is 1. The second kappa shape index (κ2) is 10.9. The van der Waals surface area contributed by atoms with E-state index in [1.807, 2.05) is 37.3 Å². The van der Waals surface area contributed by atoms with Gasteiger partial charge in [-0.3, -0.25) is 4.79 Å². The number of ether oxygens (including phenoxy) is 1. The van der Waals surface area contributed by atoms with Crippen LogP contribution in [0.2, 0.25) is 0 Å². The number of phenols is 1. The first kappa shape index (κ1) is 22.7. The Balaban J connectivity index is 1.53. The number of hydrogen-bond donors (Lipinski definition) is 3. The van der Waals surface area contributed by atoms with Crippen molar-refractivity contribution in [2.75, 3.05) is 11.9 Å². The molecule has 0 radical (unpaired) electrons. The highest BCUT2D eigenvalue weighted by Crippen LogP contribution is 2.30. The molecule has 0 bridgehead atoms. The molecule has 0 aliphatic carbocycles. The Bertz CT molecular complexity index is 1090. The van der Waals surface area contributed by atoms with Crippen LogP contribution in [0.3, 0.4) is 0 Å². The summed E-state index contributed by atoms with van der Waals surface area (Å²) in [7, 11) is 0. The molecule has 0 aliphatic rings. The van der Waals surface area contributed by atoms with Crippen LogP contribution >= 0.6 is 31.9 Å². The van der Waals surface area contributed by atoms with E-state index in [2.05, 4.69) is 57.7 Å². The first-order chi connectivity index (χ1) is 14.9. The van der Waals surface area contributed by atoms with Crippen molar-refractivity contribution in [3.63, 3.8) is 0 Å². The molecule has 3 rings (SSSR count). The number of rotatable bonds is 8. The van der Waals surface area contributed by atoms with E-state index in [1.54, 1.807) is 18.2 Å². The van der Waals surface area contributed by atoms with Gasteiger partial charge in [0.1, 0.15) is 5.75 Å². The predicted octanol–water partition coefficient (Wildman–Crippen LogP) is 4.16. The van der Waals surface area contributed by atoms with E-state index in [0.717, 1.165) is 10.0 Å². The van der Waals surface area contributed by atoms with Gasteiger partial charge in [-0.05, 0) is 40.5 Å². The molecule has 8 nitrogen and oxygen atoms in total. The second-order valence-electron chi connectivity index (χ2n) is 6.42. The highest BCUT2D eigenvalue weighted by Gasteiger charge is 2.08. The Hall–Kier alpha value is -2.98. The number of carbonyl (C=O) groups is 1. The molecule has 3 N–H and O–H groups in total. The summed E-state index contributed by atoms with van der Waals surface area (Å²) in [6.07, 6.45) is 1.34. The molecule has 160 valence electrons. The topological polar surface area (TPSA) is 109 Å². The van der Waals surface area contributed by atoms with E-state index >= 15 is 0 Å². The Morgan fingerprint density at radius 1 is 1.19 bits per heavy atom. The third-order valence-electron chi connectivity index (χ3n) is 3.93. The zero-order valence-electron chi connectivity index (χ0n) is 16.5. The van der Waals surface area contributed by atoms with E-state index in [4.69, 9.17) is 4.74 Å². The lowest BCUT2D eigenvalue weighted by Crippen LogP contribution is -2.25. The van der Waals surface area contributed by atoms with Crippen LogP contribution < -0.4 is 15.5 Å². The van der Waals surface area contributed by atoms with E-state index in [1.165, 1.54) is 6.21 Å². The van der Waals surface area contributed by atoms with Crippen molar-refractivity contribution in [2.45, 2.75) is 13.5 Å². The summed E-state index contributed by atoms with van der Waals surface area (Å²) in [6.45, 7) is 2.10. The predicted molar refractivity (Wildman–Crippen MR) is 125 cm³/mol. The summed E-state index contributed by atoms with van der Waals surface area (Å²) in [5.41, 5.74) is 4.58. The van der Waals surface area contributed by atoms with Crippen molar-refractivity contribution in [3.8, 4) is 11.6 Å². The van der Waals surface area contributed by atoms with Crippen molar-refractivity contribution in [1.82, 2.24) is 15.4 Å². The number of hydrogen-bond acceptors (Lipinski definition) is 7. The fraction of sp³-hybridized carbons (Fsp3) is 0.143. The first-order valence-corrected chi connectivity index (χ1v) is 10.8. The molecule has 1 amide bonds. The summed E-state index contributed by atoms with van der Waals surface area (Å²) in [4.78, 5) is 20.6. The van der Waals surface area contributed by atoms with Crippen molar-refractivity contribution >= 4 is 49.9 Å². The number of anilines is 1. The van der Waals surface area contributed by atoms with Crippen LogP contribution in [-0.2, 0) is 11.3 Å². The number of hydrazone groups is 1. The van der Waals surface area contributed by atoms with Crippen LogP contribution in [0.1, 0.15) is 16.8 Å². The maximum absolute atomic E-state index is 12.0. The summed E-state index contributed by atoms with van der Waals surface area (Å²) in [5.74, 6) is 0.230. The minimum absolute atomic E-state index is 0.0180. The number of carbonyl (C=O) groups excluding carboxylic acids is 1. The molecule has 10 heteroatoms. The molecule has 0 saturated heterocycles. The molecule has 1 aromatic heterocycles. The molecule has 31 heavy (non-hydrogen) atoms. The largest absolute Gasteiger partial charge is 0.506 e. The summed E-state index contributed by atoms with van der Waals surface area (Å²) in [6, 6.07) is 14.9. The van der Waals surface area contributed by atoms with Crippen LogP contribution in [0.5, 0.6) is 11.6 Å². The molecule has 0 saturated carbocycles. The third-order valence-corrected chi connectivity index (χ3v) is 4.99. The van der Waals surface area contributed by atoms with E-state index in [9.17, 15) is 9.90 Å². The summed E-state index contributed by atoms with van der Waals surface area (Å²) >= 11 is 6.57. The number of aryl methyl sites for hydroxylation is 1. The Kier molecular flexibility index (Phi) is 7.96. The molecular weight excluding hydrogens is 530 g/mol. The lowest BCUT2D eigenvalue weighted by atomic mass is 10.2. The Morgan fingerprint density at radius 3 is 2.74 bits per heavy atom. The Morgan fingerprint density at radius 2 is 1.97 bits per heavy atom. The van der Waals surface area contributed by atoms with Gasteiger partial charge in [-0.1, -0.05) is 46.3 Å². The molecule has 0 unspecified atom stereocenters. The molecule has 0 spiro atoms. The lowest BCUT2D eigenvalue weighted by Gasteiger charge is -2.09. The fourth-order valence-corrected chi connectivity index (χ4v) is 3.76. The van der Waals surface area contributed by atoms with Gasteiger partial charge in [0.15, 0.2) is 6.61 Å². The number of aromatic nitrogens is 2. The maximum atomic E-state index is 12.0. The monoisotopic (exact) mass is 547 g/mol. The first-order valence-electron chi connectivity index (χ1n) is 9.17. The normalized spacial score (nSPS) is 10.8. The van der Waals surface area contributed by atoms with Gasteiger partial charge < -0.3 is 15.2 Å². The highest BCUT2D eigenvalue weighted by molar-refractivity contribution is 9.11. The lowest BCUT2D eigenvalue weighted by molar-refractivity contribution is -0.123. The van der Waals surface area contributed by atoms with E-state index in [0.29, 0.717) is 28.2 Å². The van der Waals surface area contributed by atoms with Gasteiger partial charge in [0, 0.05) is 28.3 Å². The quantitative estimate of drug-likeness (QED) is 0.288. The van der Waals surface area contributed by atoms with Gasteiger partial charge in [-0.15, -0.1) is 0 Å². The molecule has 3 aromatic rings. The minimum atomic E-state index is -0.472. The van der Waals surface area contributed by atoms with Crippen LogP contribution in [0.25, 0.3) is 0 Å². The minimum Gasteiger partial charge on any atom is -0.506 e. The molecular formula is C21H19Br2N5O3. The Labute approximate surface area is 196 Å². The third kappa shape index (κ3) is 7.04. The van der Waals surface area contributed by atoms with Gasteiger partial charge in [0.2, 0.25) is 11.8 Å². The van der Waals surface area contributed by atoms with Crippen molar-refractivity contribution in [1.29, 1.82) is 0 Å². The average molecular weight is 549 g/mol. The van der Waals surface area contributed by atoms with Crippen LogP contribution in [0.15, 0.2) is 62.6 Å². The van der Waals surface area contributed by atoms with Crippen LogP contribution in [0, 0.1) is 6.92 Å². The standard InChI is InChI=1S/C21H19Br2N5O3/c1-13-7-19(27-21(26-13)24-10-14-5-3-2-4-6-14)31-12-18(29)28-25-11-15-8-16(22)9-17(23)20(15)30/h2-9,11,30H,10,12H2,1H3,(H,28,29)(H,24,26,27)/b25-11+. The van der Waals surface area contributed by atoms with Crippen LogP contribution in [-0.4, -0.2) is 33.8 Å². The SMILES string of the molecule is Cc1cc(OCC(=O)N/N=C/c2cc(Br)cc(Br)c2O)nc(NCc2ccccc2)n1. The van der Waals surface area contributed by atoms with Crippen molar-refractivity contribution in [2.24, 2.45) is 5.10 Å². The van der Waals surface area contributed by atoms with Gasteiger partial charge in [-0.25, -0.2) is 10.4 Å². The number of aromatic hydroxyl groups is 1. The molecule has 0 atom stereocenters. The van der Waals surface area contributed by atoms with Crippen molar-refractivity contribution in [3.05, 3.63) is 74.3 Å². The number of nitrogens with zero attached hydrogens (tertiary/aromatic N) is 3. The number of benzene rings is 2. The number of halogens is 2. The molecule has 1 heterocycles. The van der Waals surface area contributed by atoms with Gasteiger partial charge in [-0.2, -0.15) is 10.1 Å². The van der Waals surface area contributed by atoms with Gasteiger partial charge in [0.05, 0.1) is 10.7 Å². The summed E-state index contributed by atoms with van der Waals surface area (Å²) in [5, 5.41) is 17.0. The van der Waals surface area contributed by atoms with Crippen molar-refractivity contribution < 1.29 is 14.6 Å². The summed E-state index contributed by atoms with van der Waals surface area (Å²) < 4.78 is 6.73. The number of nitrogens with one attached hydrogen (secondary N) is 2.